The number of aromatic nitrogens is 2. The number of hydrogen-bond donors (Lipinski definition) is 0. The molecule has 0 amide bonds. The number of nitrogens with zero attached hydrogens (tertiary/aromatic N) is 3. The zero-order chi connectivity index (χ0) is 16.9. The van der Waals surface area contributed by atoms with Gasteiger partial charge in [-0.1, -0.05) is 12.1 Å². The molecule has 5 heteroatoms. The maximum atomic E-state index is 6.31. The number of pyridine rings is 2. The number of hydrogen-bond acceptors (Lipinski definition) is 5. The van der Waals surface area contributed by atoms with Crippen molar-refractivity contribution >= 4 is 0 Å². The van der Waals surface area contributed by atoms with Gasteiger partial charge in [-0.2, -0.15) is 0 Å². The fraction of sp³-hybridized carbons (Fsp3) is 0.500. The quantitative estimate of drug-likeness (QED) is 0.810. The average Bonchev–Trinajstić information content (AvgIpc) is 3.06. The van der Waals surface area contributed by atoms with Gasteiger partial charge in [0.15, 0.2) is 0 Å². The molecule has 2 aliphatic rings. The Morgan fingerprint density at radius 3 is 2.96 bits per heavy atom. The van der Waals surface area contributed by atoms with Crippen LogP contribution < -0.4 is 0 Å². The Balaban J connectivity index is 1.24. The Hall–Kier alpha value is -1.82. The molecule has 2 fully saturated rings. The van der Waals surface area contributed by atoms with Crippen molar-refractivity contribution in [2.24, 2.45) is 0 Å². The first-order chi connectivity index (χ1) is 12.4. The predicted molar refractivity (Wildman–Crippen MR) is 94.8 cm³/mol. The average molecular weight is 339 g/mol. The van der Waals surface area contributed by atoms with Crippen LogP contribution in [0.2, 0.25) is 0 Å². The van der Waals surface area contributed by atoms with Gasteiger partial charge in [0.25, 0.3) is 0 Å². The van der Waals surface area contributed by atoms with Gasteiger partial charge in [-0.3, -0.25) is 14.9 Å². The van der Waals surface area contributed by atoms with Crippen LogP contribution in [0.25, 0.3) is 0 Å². The highest BCUT2D eigenvalue weighted by Gasteiger charge is 2.39. The van der Waals surface area contributed by atoms with Gasteiger partial charge in [0.1, 0.15) is 0 Å². The molecule has 2 aromatic heterocycles. The third-order valence-corrected chi connectivity index (χ3v) is 5.14. The van der Waals surface area contributed by atoms with Crippen molar-refractivity contribution in [1.29, 1.82) is 0 Å². The van der Waals surface area contributed by atoms with Crippen LogP contribution in [0.15, 0.2) is 48.9 Å². The van der Waals surface area contributed by atoms with Crippen molar-refractivity contribution in [3.8, 4) is 0 Å². The number of ether oxygens (including phenoxy) is 2. The summed E-state index contributed by atoms with van der Waals surface area (Å²) in [6.45, 7) is 3.29. The molecule has 0 spiro atoms. The van der Waals surface area contributed by atoms with Crippen LogP contribution >= 0.6 is 0 Å². The van der Waals surface area contributed by atoms with Gasteiger partial charge in [0.2, 0.25) is 0 Å². The van der Waals surface area contributed by atoms with Crippen molar-refractivity contribution in [1.82, 2.24) is 14.9 Å². The van der Waals surface area contributed by atoms with E-state index in [4.69, 9.17) is 9.47 Å². The molecule has 0 N–H and O–H groups in total. The molecule has 0 radical (unpaired) electrons. The summed E-state index contributed by atoms with van der Waals surface area (Å²) in [4.78, 5) is 11.1. The highest BCUT2D eigenvalue weighted by Crippen LogP contribution is 2.32. The lowest BCUT2D eigenvalue weighted by atomic mass is 9.99. The van der Waals surface area contributed by atoms with Crippen LogP contribution in [-0.2, 0) is 22.6 Å². The van der Waals surface area contributed by atoms with Crippen LogP contribution in [0, 0.1) is 0 Å². The van der Waals surface area contributed by atoms with Gasteiger partial charge in [-0.15, -0.1) is 0 Å². The Labute approximate surface area is 149 Å². The predicted octanol–water partition coefficient (Wildman–Crippen LogP) is 2.82. The molecule has 25 heavy (non-hydrogen) atoms. The third kappa shape index (κ3) is 4.24. The maximum absolute atomic E-state index is 6.31. The minimum atomic E-state index is 0.215. The zero-order valence-corrected chi connectivity index (χ0v) is 14.5. The smallest absolute Gasteiger partial charge is 0.0813 e. The summed E-state index contributed by atoms with van der Waals surface area (Å²) < 4.78 is 12.2. The van der Waals surface area contributed by atoms with Gasteiger partial charge in [-0.05, 0) is 43.0 Å². The largest absolute Gasteiger partial charge is 0.374 e. The molecule has 0 bridgehead atoms. The minimum Gasteiger partial charge on any atom is -0.374 e. The highest BCUT2D eigenvalue weighted by molar-refractivity contribution is 5.07. The van der Waals surface area contributed by atoms with E-state index in [9.17, 15) is 0 Å². The molecular formula is C20H25N3O2. The summed E-state index contributed by atoms with van der Waals surface area (Å²) in [5.74, 6) is 0. The second-order valence-corrected chi connectivity index (χ2v) is 6.90. The van der Waals surface area contributed by atoms with Crippen LogP contribution in [0.5, 0.6) is 0 Å². The van der Waals surface area contributed by atoms with Gasteiger partial charge in [0.05, 0.1) is 31.1 Å². The minimum absolute atomic E-state index is 0.215. The lowest BCUT2D eigenvalue weighted by molar-refractivity contribution is -0.102. The first-order valence-corrected chi connectivity index (χ1v) is 9.14. The molecule has 0 aromatic carbocycles. The molecule has 4 rings (SSSR count). The van der Waals surface area contributed by atoms with Gasteiger partial charge < -0.3 is 9.47 Å². The number of rotatable bonds is 6. The third-order valence-electron chi connectivity index (χ3n) is 5.14. The zero-order valence-electron chi connectivity index (χ0n) is 14.5. The molecule has 2 saturated heterocycles. The van der Waals surface area contributed by atoms with E-state index in [-0.39, 0.29) is 6.10 Å². The van der Waals surface area contributed by atoms with Gasteiger partial charge in [0, 0.05) is 37.7 Å². The molecule has 0 saturated carbocycles. The maximum Gasteiger partial charge on any atom is 0.0813 e. The number of fused-ring (bicyclic) bond motifs is 1. The second kappa shape index (κ2) is 8.04. The molecular weight excluding hydrogens is 314 g/mol. The Morgan fingerprint density at radius 1 is 1.12 bits per heavy atom. The van der Waals surface area contributed by atoms with Gasteiger partial charge >= 0.3 is 0 Å². The van der Waals surface area contributed by atoms with E-state index in [2.05, 4.69) is 27.0 Å². The Kier molecular flexibility index (Phi) is 5.35. The van der Waals surface area contributed by atoms with E-state index in [1.165, 1.54) is 6.42 Å². The summed E-state index contributed by atoms with van der Waals surface area (Å²) in [6, 6.07) is 10.6. The topological polar surface area (TPSA) is 47.5 Å². The van der Waals surface area contributed by atoms with Crippen LogP contribution in [0.3, 0.4) is 0 Å². The second-order valence-electron chi connectivity index (χ2n) is 6.90. The summed E-state index contributed by atoms with van der Waals surface area (Å²) in [6.07, 6.45) is 9.41. The molecule has 1 unspecified atom stereocenters. The molecule has 132 valence electrons. The van der Waals surface area contributed by atoms with E-state index in [0.29, 0.717) is 25.4 Å². The standard InChI is InChI=1S/C20H25N3O2/c1-2-10-22-17(5-1)13-23-11-8-20-19(23)7-6-18(25-20)15-24-14-16-4-3-9-21-12-16/h1-5,9-10,12,18-20H,6-8,11,13-15H2/t18?,19-,20-/m1/s1. The Bertz CT molecular complexity index is 653. The van der Waals surface area contributed by atoms with Crippen LogP contribution in [0.4, 0.5) is 0 Å². The highest BCUT2D eigenvalue weighted by atomic mass is 16.5. The molecule has 4 heterocycles. The van der Waals surface area contributed by atoms with Crippen LogP contribution in [-0.4, -0.2) is 46.3 Å². The van der Waals surface area contributed by atoms with E-state index >= 15 is 0 Å². The lowest BCUT2D eigenvalue weighted by Gasteiger charge is -2.35. The summed E-state index contributed by atoms with van der Waals surface area (Å²) in [5, 5.41) is 0. The Morgan fingerprint density at radius 2 is 2.12 bits per heavy atom. The fourth-order valence-corrected chi connectivity index (χ4v) is 3.90. The fourth-order valence-electron chi connectivity index (χ4n) is 3.90. The molecule has 5 nitrogen and oxygen atoms in total. The molecule has 2 aliphatic heterocycles. The van der Waals surface area contributed by atoms with Crippen molar-refractivity contribution < 1.29 is 9.47 Å². The monoisotopic (exact) mass is 339 g/mol. The molecule has 2 aromatic rings. The van der Waals surface area contributed by atoms with E-state index in [0.717, 1.165) is 37.2 Å². The van der Waals surface area contributed by atoms with Crippen molar-refractivity contribution in [3.05, 3.63) is 60.2 Å². The SMILES string of the molecule is c1ccc(CN2CC[C@H]3OC(COCc4cccnc4)CC[C@H]32)nc1. The summed E-state index contributed by atoms with van der Waals surface area (Å²) in [5.41, 5.74) is 2.25. The van der Waals surface area contributed by atoms with Gasteiger partial charge in [-0.25, -0.2) is 0 Å². The van der Waals surface area contributed by atoms with E-state index in [1.54, 1.807) is 6.20 Å². The first kappa shape index (κ1) is 16.6. The molecule has 3 atom stereocenters. The van der Waals surface area contributed by atoms with E-state index < -0.39 is 0 Å². The first-order valence-electron chi connectivity index (χ1n) is 9.14. The van der Waals surface area contributed by atoms with E-state index in [1.807, 2.05) is 30.6 Å². The molecule has 0 aliphatic carbocycles. The van der Waals surface area contributed by atoms with Crippen molar-refractivity contribution in [2.45, 2.75) is 50.7 Å². The summed E-state index contributed by atoms with van der Waals surface area (Å²) >= 11 is 0. The van der Waals surface area contributed by atoms with Crippen molar-refractivity contribution in [2.75, 3.05) is 13.2 Å². The lowest BCUT2D eigenvalue weighted by Crippen LogP contribution is -2.43. The summed E-state index contributed by atoms with van der Waals surface area (Å²) in [7, 11) is 0. The number of likely N-dealkylation sites (tertiary alicyclic amines) is 1. The van der Waals surface area contributed by atoms with Crippen LogP contribution in [0.1, 0.15) is 30.5 Å². The van der Waals surface area contributed by atoms with Crippen molar-refractivity contribution in [3.63, 3.8) is 0 Å². The normalized spacial score (nSPS) is 26.5.